The predicted molar refractivity (Wildman–Crippen MR) is 80.8 cm³/mol. The minimum Gasteiger partial charge on any atom is -0.506 e. The van der Waals surface area contributed by atoms with E-state index >= 15 is 0 Å². The molecule has 0 saturated carbocycles. The van der Waals surface area contributed by atoms with Crippen LogP contribution in [0.3, 0.4) is 0 Å². The number of phenolic OH excluding ortho intramolecular Hbond substituents is 1. The van der Waals surface area contributed by atoms with E-state index in [0.717, 1.165) is 24.0 Å². The Balaban J connectivity index is 2.16. The van der Waals surface area contributed by atoms with Gasteiger partial charge in [-0.15, -0.1) is 0 Å². The highest BCUT2D eigenvalue weighted by molar-refractivity contribution is 9.10. The molecule has 10 heteroatoms. The Labute approximate surface area is 132 Å². The number of hydrogen-bond acceptors (Lipinski definition) is 6. The van der Waals surface area contributed by atoms with E-state index in [1.54, 1.807) is 6.92 Å². The molecule has 0 bridgehead atoms. The fourth-order valence-corrected chi connectivity index (χ4v) is 2.02. The van der Waals surface area contributed by atoms with Gasteiger partial charge in [0.15, 0.2) is 5.69 Å². The Kier molecular flexibility index (Phi) is 4.51. The van der Waals surface area contributed by atoms with Crippen LogP contribution < -0.4 is 5.43 Å². The first kappa shape index (κ1) is 15.6. The number of nitro groups is 1. The lowest BCUT2D eigenvalue weighted by atomic mass is 10.2. The molecule has 0 aliphatic rings. The van der Waals surface area contributed by atoms with Gasteiger partial charge in [-0.05, 0) is 28.9 Å². The molecule has 0 aliphatic carbocycles. The predicted octanol–water partition coefficient (Wildman–Crippen LogP) is 1.86. The van der Waals surface area contributed by atoms with Crippen LogP contribution in [0, 0.1) is 17.0 Å². The molecule has 0 spiro atoms. The number of benzene rings is 1. The number of nitro benzene ring substituents is 1. The number of nitrogens with zero attached hydrogens (tertiary/aromatic N) is 3. The van der Waals surface area contributed by atoms with Crippen molar-refractivity contribution in [3.05, 3.63) is 49.7 Å². The van der Waals surface area contributed by atoms with Crippen molar-refractivity contribution in [1.82, 2.24) is 15.6 Å². The molecular formula is C12H10BrN5O4. The number of aromatic amines is 1. The van der Waals surface area contributed by atoms with Gasteiger partial charge in [-0.2, -0.15) is 10.2 Å². The number of aromatic nitrogens is 2. The van der Waals surface area contributed by atoms with Crippen molar-refractivity contribution in [2.24, 2.45) is 5.10 Å². The number of hydrogen-bond donors (Lipinski definition) is 3. The smallest absolute Gasteiger partial charge is 0.291 e. The van der Waals surface area contributed by atoms with Crippen LogP contribution in [0.2, 0.25) is 0 Å². The Morgan fingerprint density at radius 2 is 2.27 bits per heavy atom. The van der Waals surface area contributed by atoms with Crippen LogP contribution in [0.25, 0.3) is 0 Å². The topological polar surface area (TPSA) is 134 Å². The summed E-state index contributed by atoms with van der Waals surface area (Å²) in [7, 11) is 0. The van der Waals surface area contributed by atoms with Gasteiger partial charge in [0.05, 0.1) is 15.6 Å². The van der Waals surface area contributed by atoms with E-state index in [4.69, 9.17) is 0 Å². The molecule has 2 aromatic rings. The number of carbonyl (C=O) groups is 1. The van der Waals surface area contributed by atoms with Crippen molar-refractivity contribution in [2.45, 2.75) is 6.92 Å². The standard InChI is InChI=1S/C12H10BrN5O4/c1-6-2-10(16-15-6)12(20)17-14-5-7-3-8(18(21)22)4-9(13)11(7)19/h2-5,19H,1H3,(H,15,16)(H,17,20). The molecule has 0 radical (unpaired) electrons. The zero-order valence-electron chi connectivity index (χ0n) is 11.2. The Morgan fingerprint density at radius 3 is 2.86 bits per heavy atom. The summed E-state index contributed by atoms with van der Waals surface area (Å²) in [6, 6.07) is 3.83. The van der Waals surface area contributed by atoms with Gasteiger partial charge in [-0.1, -0.05) is 0 Å². The van der Waals surface area contributed by atoms with Crippen LogP contribution in [-0.4, -0.2) is 32.3 Å². The Morgan fingerprint density at radius 1 is 1.55 bits per heavy atom. The summed E-state index contributed by atoms with van der Waals surface area (Å²) in [5.41, 5.74) is 2.94. The Hall–Kier alpha value is -2.75. The van der Waals surface area contributed by atoms with E-state index < -0.39 is 10.8 Å². The summed E-state index contributed by atoms with van der Waals surface area (Å²) in [5, 5.41) is 30.6. The van der Waals surface area contributed by atoms with Crippen molar-refractivity contribution < 1.29 is 14.8 Å². The second-order valence-corrected chi connectivity index (χ2v) is 5.11. The number of halogens is 1. The number of H-pyrrole nitrogens is 1. The van der Waals surface area contributed by atoms with Gasteiger partial charge in [-0.3, -0.25) is 20.0 Å². The largest absolute Gasteiger partial charge is 0.506 e. The highest BCUT2D eigenvalue weighted by atomic mass is 79.9. The summed E-state index contributed by atoms with van der Waals surface area (Å²) in [4.78, 5) is 21.8. The van der Waals surface area contributed by atoms with Crippen LogP contribution >= 0.6 is 15.9 Å². The summed E-state index contributed by atoms with van der Waals surface area (Å²) >= 11 is 3.01. The number of aromatic hydroxyl groups is 1. The maximum Gasteiger partial charge on any atom is 0.291 e. The molecule has 9 nitrogen and oxygen atoms in total. The van der Waals surface area contributed by atoms with Crippen LogP contribution in [-0.2, 0) is 0 Å². The number of aryl methyl sites for hydroxylation is 1. The van der Waals surface area contributed by atoms with Gasteiger partial charge in [0.25, 0.3) is 11.6 Å². The normalized spacial score (nSPS) is 10.8. The van der Waals surface area contributed by atoms with Crippen LogP contribution in [0.4, 0.5) is 5.69 Å². The van der Waals surface area contributed by atoms with Gasteiger partial charge < -0.3 is 5.11 Å². The fourth-order valence-electron chi connectivity index (χ4n) is 1.56. The third kappa shape index (κ3) is 3.47. The maximum absolute atomic E-state index is 11.7. The highest BCUT2D eigenvalue weighted by Crippen LogP contribution is 2.31. The van der Waals surface area contributed by atoms with Crippen molar-refractivity contribution in [2.75, 3.05) is 0 Å². The first-order chi connectivity index (χ1) is 10.4. The molecule has 0 saturated heterocycles. The molecule has 114 valence electrons. The van der Waals surface area contributed by atoms with Gasteiger partial charge in [0.1, 0.15) is 5.75 Å². The van der Waals surface area contributed by atoms with E-state index in [9.17, 15) is 20.0 Å². The highest BCUT2D eigenvalue weighted by Gasteiger charge is 2.14. The van der Waals surface area contributed by atoms with Crippen molar-refractivity contribution in [1.29, 1.82) is 0 Å². The van der Waals surface area contributed by atoms with E-state index in [0.29, 0.717) is 0 Å². The van der Waals surface area contributed by atoms with Crippen molar-refractivity contribution >= 4 is 33.7 Å². The minimum absolute atomic E-state index is 0.0829. The quantitative estimate of drug-likeness (QED) is 0.430. The number of hydrazone groups is 1. The van der Waals surface area contributed by atoms with Crippen molar-refractivity contribution in [3.8, 4) is 5.75 Å². The molecule has 0 unspecified atom stereocenters. The Bertz CT molecular complexity index is 771. The van der Waals surface area contributed by atoms with E-state index in [1.807, 2.05) is 0 Å². The summed E-state index contributed by atoms with van der Waals surface area (Å²) in [6.45, 7) is 1.74. The molecule has 2 rings (SSSR count). The van der Waals surface area contributed by atoms with Crippen molar-refractivity contribution in [3.63, 3.8) is 0 Å². The molecule has 0 aliphatic heterocycles. The molecule has 0 atom stereocenters. The molecule has 3 N–H and O–H groups in total. The van der Waals surface area contributed by atoms with E-state index in [2.05, 4.69) is 36.7 Å². The van der Waals surface area contributed by atoms with Crippen LogP contribution in [0.1, 0.15) is 21.7 Å². The first-order valence-electron chi connectivity index (χ1n) is 5.91. The SMILES string of the molecule is Cc1cc(C(=O)NN=Cc2cc([N+](=O)[O-])cc(Br)c2O)n[nH]1. The number of amides is 1. The molecule has 1 aromatic carbocycles. The summed E-state index contributed by atoms with van der Waals surface area (Å²) < 4.78 is 0.150. The number of non-ortho nitro benzene ring substituents is 1. The molecule has 0 fully saturated rings. The minimum atomic E-state index is -0.605. The number of phenols is 1. The molecule has 1 aromatic heterocycles. The number of carbonyl (C=O) groups excluding carboxylic acids is 1. The zero-order valence-corrected chi connectivity index (χ0v) is 12.8. The monoisotopic (exact) mass is 367 g/mol. The van der Waals surface area contributed by atoms with Gasteiger partial charge in [-0.25, -0.2) is 5.43 Å². The van der Waals surface area contributed by atoms with Crippen LogP contribution in [0.15, 0.2) is 27.8 Å². The van der Waals surface area contributed by atoms with Gasteiger partial charge in [0.2, 0.25) is 0 Å². The molecule has 22 heavy (non-hydrogen) atoms. The lowest BCUT2D eigenvalue weighted by Crippen LogP contribution is -2.18. The third-order valence-electron chi connectivity index (χ3n) is 2.60. The third-order valence-corrected chi connectivity index (χ3v) is 3.20. The second kappa shape index (κ2) is 6.35. The zero-order chi connectivity index (χ0) is 16.3. The molecule has 1 heterocycles. The second-order valence-electron chi connectivity index (χ2n) is 4.26. The fraction of sp³-hybridized carbons (Fsp3) is 0.0833. The van der Waals surface area contributed by atoms with E-state index in [1.165, 1.54) is 6.07 Å². The number of nitrogens with one attached hydrogen (secondary N) is 2. The van der Waals surface area contributed by atoms with Gasteiger partial charge >= 0.3 is 0 Å². The lowest BCUT2D eigenvalue weighted by molar-refractivity contribution is -0.385. The molecular weight excluding hydrogens is 358 g/mol. The summed E-state index contributed by atoms with van der Waals surface area (Å²) in [6.07, 6.45) is 1.10. The summed E-state index contributed by atoms with van der Waals surface area (Å²) in [5.74, 6) is -0.774. The van der Waals surface area contributed by atoms with E-state index in [-0.39, 0.29) is 27.2 Å². The average molecular weight is 368 g/mol. The average Bonchev–Trinajstić information content (AvgIpc) is 2.89. The molecule has 1 amide bonds. The first-order valence-corrected chi connectivity index (χ1v) is 6.70. The number of rotatable bonds is 4. The van der Waals surface area contributed by atoms with Crippen LogP contribution in [0.5, 0.6) is 5.75 Å². The van der Waals surface area contributed by atoms with Gasteiger partial charge in [0, 0.05) is 23.4 Å². The maximum atomic E-state index is 11.7. The lowest BCUT2D eigenvalue weighted by Gasteiger charge is -2.02.